The smallest absolute Gasteiger partial charge is 0.323 e. The van der Waals surface area contributed by atoms with Gasteiger partial charge in [0, 0.05) is 25.7 Å². The second kappa shape index (κ2) is 11.8. The van der Waals surface area contributed by atoms with E-state index in [0.29, 0.717) is 42.9 Å². The summed E-state index contributed by atoms with van der Waals surface area (Å²) in [5.74, 6) is 1.61. The van der Waals surface area contributed by atoms with Crippen molar-refractivity contribution in [2.45, 2.75) is 50.4 Å². The van der Waals surface area contributed by atoms with Crippen molar-refractivity contribution < 1.29 is 9.53 Å². The summed E-state index contributed by atoms with van der Waals surface area (Å²) in [5, 5.41) is 23.5. The van der Waals surface area contributed by atoms with Crippen LogP contribution in [0.15, 0.2) is 54.9 Å². The molecule has 3 aromatic heterocycles. The number of aryl methyl sites for hydroxylation is 1. The maximum Gasteiger partial charge on any atom is 0.323 e. The van der Waals surface area contributed by atoms with Crippen LogP contribution in [0.2, 0.25) is 0 Å². The summed E-state index contributed by atoms with van der Waals surface area (Å²) >= 11 is 0. The lowest BCUT2D eigenvalue weighted by molar-refractivity contribution is 0.0209. The molecule has 4 aromatic rings. The summed E-state index contributed by atoms with van der Waals surface area (Å²) in [6.45, 7) is 1.63. The number of carbonyl (C=O) groups excluding carboxylic acids is 1. The van der Waals surface area contributed by atoms with Gasteiger partial charge in [-0.15, -0.1) is 0 Å². The van der Waals surface area contributed by atoms with Crippen molar-refractivity contribution in [2.24, 2.45) is 7.05 Å². The van der Waals surface area contributed by atoms with Crippen molar-refractivity contribution in [1.82, 2.24) is 30.0 Å². The molecule has 2 aliphatic rings. The molecule has 1 aliphatic carbocycles. The van der Waals surface area contributed by atoms with E-state index in [2.05, 4.69) is 37.1 Å². The second-order valence-corrected chi connectivity index (χ2v) is 10.5. The van der Waals surface area contributed by atoms with Crippen LogP contribution in [0.5, 0.6) is 0 Å². The Morgan fingerprint density at radius 2 is 1.85 bits per heavy atom. The topological polar surface area (TPSA) is 146 Å². The molecule has 6 rings (SSSR count). The number of nitrogens with zero attached hydrogens (tertiary/aromatic N) is 7. The van der Waals surface area contributed by atoms with Crippen molar-refractivity contribution in [3.63, 3.8) is 0 Å². The van der Waals surface area contributed by atoms with Crippen molar-refractivity contribution in [2.75, 3.05) is 28.7 Å². The van der Waals surface area contributed by atoms with Gasteiger partial charge in [-0.25, -0.2) is 14.8 Å². The minimum atomic E-state index is -0.174. The van der Waals surface area contributed by atoms with Gasteiger partial charge in [0.2, 0.25) is 5.95 Å². The van der Waals surface area contributed by atoms with E-state index in [1.807, 2.05) is 49.5 Å². The van der Waals surface area contributed by atoms with Gasteiger partial charge in [-0.3, -0.25) is 9.58 Å². The number of benzene rings is 1. The highest BCUT2D eigenvalue weighted by Crippen LogP contribution is 2.30. The van der Waals surface area contributed by atoms with Crippen molar-refractivity contribution in [1.29, 1.82) is 5.26 Å². The largest absolute Gasteiger partial charge is 0.377 e. The molecule has 1 saturated carbocycles. The molecule has 0 radical (unpaired) electrons. The maximum atomic E-state index is 13.6. The molecule has 4 heterocycles. The Hall–Kier alpha value is -4.76. The van der Waals surface area contributed by atoms with Crippen molar-refractivity contribution in [3.8, 4) is 6.07 Å². The lowest BCUT2D eigenvalue weighted by Crippen LogP contribution is -2.49. The van der Waals surface area contributed by atoms with E-state index >= 15 is 0 Å². The number of pyridine rings is 1. The molecule has 1 saturated heterocycles. The van der Waals surface area contributed by atoms with Gasteiger partial charge < -0.3 is 20.7 Å². The average Bonchev–Trinajstić information content (AvgIpc) is 3.35. The molecule has 0 atom stereocenters. The predicted octanol–water partition coefficient (Wildman–Crippen LogP) is 3.58. The number of urea groups is 1. The third kappa shape index (κ3) is 5.90. The second-order valence-electron chi connectivity index (χ2n) is 10.5. The molecule has 2 fully saturated rings. The number of hydrogen-bond acceptors (Lipinski definition) is 9. The Balaban J connectivity index is 1.15. The summed E-state index contributed by atoms with van der Waals surface area (Å²) in [7, 11) is 1.88. The minimum Gasteiger partial charge on any atom is -0.377 e. The zero-order chi connectivity index (χ0) is 28.2. The van der Waals surface area contributed by atoms with Crippen LogP contribution in [0.1, 0.15) is 36.8 Å². The molecule has 12 heteroatoms. The number of ether oxygens (including phenoxy) is 1. The van der Waals surface area contributed by atoms with Gasteiger partial charge in [0.1, 0.15) is 28.8 Å². The van der Waals surface area contributed by atoms with Gasteiger partial charge in [0.15, 0.2) is 0 Å². The number of nitrogens with one attached hydrogen (secondary N) is 3. The summed E-state index contributed by atoms with van der Waals surface area (Å²) in [4.78, 5) is 29.2. The molecular weight excluding hydrogens is 520 g/mol. The summed E-state index contributed by atoms with van der Waals surface area (Å²) in [5.41, 5.74) is 3.09. The number of nitriles is 1. The Labute approximate surface area is 237 Å². The standard InChI is InChI=1S/C29H32N10O2/c1-38-25-11-12-26(36-24(25)16-33-38)39(29(40)32-14-19-5-3-2-4-6-19)23-9-7-21(8-10-23)35-28-31-15-20(13-30)27(37-28)34-22-17-41-18-22/h2-6,11-12,15-16,21-23H,7-10,14,17-18H2,1H3,(H,32,40)(H2,31,34,35,37)/t21-,23-. The van der Waals surface area contributed by atoms with E-state index in [9.17, 15) is 10.1 Å². The van der Waals surface area contributed by atoms with Crippen LogP contribution in [0.4, 0.5) is 22.4 Å². The Morgan fingerprint density at radius 3 is 2.59 bits per heavy atom. The lowest BCUT2D eigenvalue weighted by atomic mass is 9.90. The third-order valence-electron chi connectivity index (χ3n) is 7.62. The molecule has 0 spiro atoms. The normalized spacial score (nSPS) is 18.7. The summed E-state index contributed by atoms with van der Waals surface area (Å²) in [6, 6.07) is 16.0. The number of aromatic nitrogens is 5. The minimum absolute atomic E-state index is 0.0248. The number of amides is 2. The number of rotatable bonds is 8. The zero-order valence-electron chi connectivity index (χ0n) is 22.8. The Kier molecular flexibility index (Phi) is 7.60. The van der Waals surface area contributed by atoms with E-state index in [0.717, 1.165) is 42.3 Å². The van der Waals surface area contributed by atoms with Crippen LogP contribution in [-0.4, -0.2) is 62.1 Å². The third-order valence-corrected chi connectivity index (χ3v) is 7.62. The Bertz CT molecular complexity index is 1560. The molecule has 12 nitrogen and oxygen atoms in total. The average molecular weight is 553 g/mol. The van der Waals surface area contributed by atoms with E-state index in [1.165, 1.54) is 0 Å². The molecule has 0 unspecified atom stereocenters. The van der Waals surface area contributed by atoms with Gasteiger partial charge in [-0.05, 0) is 43.4 Å². The fraction of sp³-hybridized carbons (Fsp3) is 0.379. The van der Waals surface area contributed by atoms with Gasteiger partial charge in [-0.1, -0.05) is 30.3 Å². The number of hydrogen-bond donors (Lipinski definition) is 3. The van der Waals surface area contributed by atoms with Crippen LogP contribution in [0.25, 0.3) is 11.0 Å². The number of carbonyl (C=O) groups is 1. The molecule has 1 aliphatic heterocycles. The molecule has 210 valence electrons. The first-order valence-corrected chi connectivity index (χ1v) is 13.8. The molecule has 41 heavy (non-hydrogen) atoms. The van der Waals surface area contributed by atoms with Crippen molar-refractivity contribution in [3.05, 3.63) is 66.0 Å². The van der Waals surface area contributed by atoms with Crippen LogP contribution in [-0.2, 0) is 18.3 Å². The molecule has 0 bridgehead atoms. The number of anilines is 3. The van der Waals surface area contributed by atoms with Crippen LogP contribution in [0, 0.1) is 11.3 Å². The monoisotopic (exact) mass is 552 g/mol. The fourth-order valence-corrected chi connectivity index (χ4v) is 5.30. The highest BCUT2D eigenvalue weighted by atomic mass is 16.5. The first-order valence-electron chi connectivity index (χ1n) is 13.8. The van der Waals surface area contributed by atoms with E-state index in [4.69, 9.17) is 9.72 Å². The molecule has 2 amide bonds. The van der Waals surface area contributed by atoms with Crippen LogP contribution >= 0.6 is 0 Å². The zero-order valence-corrected chi connectivity index (χ0v) is 22.8. The maximum absolute atomic E-state index is 13.6. The van der Waals surface area contributed by atoms with Gasteiger partial charge >= 0.3 is 6.03 Å². The SMILES string of the molecule is Cn1ncc2nc(N(C(=O)NCc3ccccc3)[C@H]3CC[C@H](Nc4ncc(C#N)c(NC5COC5)n4)CC3)ccc21. The molecule has 1 aromatic carbocycles. The number of fused-ring (bicyclic) bond motifs is 1. The Morgan fingerprint density at radius 1 is 1.05 bits per heavy atom. The highest BCUT2D eigenvalue weighted by molar-refractivity contribution is 5.93. The van der Waals surface area contributed by atoms with Crippen LogP contribution < -0.4 is 20.9 Å². The first kappa shape index (κ1) is 26.5. The van der Waals surface area contributed by atoms with E-state index in [-0.39, 0.29) is 24.2 Å². The van der Waals surface area contributed by atoms with Gasteiger partial charge in [0.25, 0.3) is 0 Å². The first-order chi connectivity index (χ1) is 20.1. The van der Waals surface area contributed by atoms with Crippen LogP contribution in [0.3, 0.4) is 0 Å². The molecule has 3 N–H and O–H groups in total. The van der Waals surface area contributed by atoms with Gasteiger partial charge in [0.05, 0.1) is 37.2 Å². The van der Waals surface area contributed by atoms with Gasteiger partial charge in [-0.2, -0.15) is 15.3 Å². The summed E-state index contributed by atoms with van der Waals surface area (Å²) in [6.07, 6.45) is 6.48. The van der Waals surface area contributed by atoms with E-state index in [1.54, 1.807) is 22.0 Å². The highest BCUT2D eigenvalue weighted by Gasteiger charge is 2.31. The summed E-state index contributed by atoms with van der Waals surface area (Å²) < 4.78 is 7.00. The quantitative estimate of drug-likeness (QED) is 0.298. The lowest BCUT2D eigenvalue weighted by Gasteiger charge is -2.36. The predicted molar refractivity (Wildman–Crippen MR) is 154 cm³/mol. The molecular formula is C29H32N10O2. The van der Waals surface area contributed by atoms with E-state index < -0.39 is 0 Å². The fourth-order valence-electron chi connectivity index (χ4n) is 5.30. The van der Waals surface area contributed by atoms with Crippen molar-refractivity contribution >= 4 is 34.6 Å².